The number of aryl methyl sites for hydroxylation is 2. The second-order valence-electron chi connectivity index (χ2n) is 7.42. The first-order valence-corrected chi connectivity index (χ1v) is 10.9. The van der Waals surface area contributed by atoms with Gasteiger partial charge in [-0.1, -0.05) is 30.3 Å². The van der Waals surface area contributed by atoms with Gasteiger partial charge >= 0.3 is 0 Å². The van der Waals surface area contributed by atoms with Crippen molar-refractivity contribution >= 4 is 28.9 Å². The third-order valence-electron chi connectivity index (χ3n) is 5.07. The Hall–Kier alpha value is -3.41. The van der Waals surface area contributed by atoms with Crippen molar-refractivity contribution in [2.45, 2.75) is 40.0 Å². The fraction of sp³-hybridized carbons (Fsp3) is 0.320. The Balaban J connectivity index is 1.53. The number of benzene rings is 2. The summed E-state index contributed by atoms with van der Waals surface area (Å²) in [6.07, 6.45) is 2.24. The van der Waals surface area contributed by atoms with Gasteiger partial charge in [-0.15, -0.1) is 0 Å². The van der Waals surface area contributed by atoms with E-state index in [0.29, 0.717) is 6.42 Å². The Kier molecular flexibility index (Phi) is 7.98. The molecule has 1 heterocycles. The molecule has 6 nitrogen and oxygen atoms in total. The molecule has 1 amide bonds. The number of amides is 1. The highest BCUT2D eigenvalue weighted by Gasteiger charge is 2.08. The van der Waals surface area contributed by atoms with Crippen LogP contribution in [0.3, 0.4) is 0 Å². The predicted molar refractivity (Wildman–Crippen MR) is 128 cm³/mol. The van der Waals surface area contributed by atoms with Crippen molar-refractivity contribution in [1.82, 2.24) is 9.97 Å². The highest BCUT2D eigenvalue weighted by molar-refractivity contribution is 5.90. The van der Waals surface area contributed by atoms with Crippen molar-refractivity contribution in [1.29, 1.82) is 0 Å². The Morgan fingerprint density at radius 3 is 2.29 bits per heavy atom. The van der Waals surface area contributed by atoms with E-state index >= 15 is 0 Å². The van der Waals surface area contributed by atoms with E-state index in [9.17, 15) is 4.79 Å². The largest absolute Gasteiger partial charge is 0.357 e. The highest BCUT2D eigenvalue weighted by atomic mass is 16.1. The van der Waals surface area contributed by atoms with Crippen LogP contribution in [0.15, 0.2) is 60.7 Å². The first-order valence-electron chi connectivity index (χ1n) is 10.9. The molecule has 162 valence electrons. The lowest BCUT2D eigenvalue weighted by Gasteiger charge is -2.20. The molecule has 0 aliphatic rings. The summed E-state index contributed by atoms with van der Waals surface area (Å²) in [6, 6.07) is 19.9. The molecule has 0 radical (unpaired) electrons. The molecular weight excluding hydrogens is 386 g/mol. The summed E-state index contributed by atoms with van der Waals surface area (Å²) >= 11 is 0. The maximum absolute atomic E-state index is 12.2. The van der Waals surface area contributed by atoms with Crippen LogP contribution in [0.5, 0.6) is 0 Å². The van der Waals surface area contributed by atoms with Crippen LogP contribution in [-0.2, 0) is 11.2 Å². The first-order chi connectivity index (χ1) is 15.1. The lowest BCUT2D eigenvalue weighted by Crippen LogP contribution is -2.23. The summed E-state index contributed by atoms with van der Waals surface area (Å²) in [5, 5.41) is 6.30. The van der Waals surface area contributed by atoms with Gasteiger partial charge < -0.3 is 15.5 Å². The van der Waals surface area contributed by atoms with E-state index in [1.807, 2.05) is 55.5 Å². The number of nitrogens with zero attached hydrogens (tertiary/aromatic N) is 3. The minimum Gasteiger partial charge on any atom is -0.357 e. The molecule has 0 saturated heterocycles. The zero-order chi connectivity index (χ0) is 22.1. The van der Waals surface area contributed by atoms with Crippen LogP contribution in [0, 0.1) is 6.92 Å². The minimum absolute atomic E-state index is 0.0342. The Morgan fingerprint density at radius 1 is 0.935 bits per heavy atom. The molecule has 0 saturated carbocycles. The first kappa shape index (κ1) is 22.3. The lowest BCUT2D eigenvalue weighted by molar-refractivity contribution is -0.116. The maximum Gasteiger partial charge on any atom is 0.224 e. The van der Waals surface area contributed by atoms with Gasteiger partial charge in [0.05, 0.1) is 0 Å². The van der Waals surface area contributed by atoms with E-state index in [2.05, 4.69) is 51.5 Å². The third kappa shape index (κ3) is 6.81. The number of rotatable bonds is 10. The van der Waals surface area contributed by atoms with Crippen LogP contribution in [0.4, 0.5) is 23.0 Å². The topological polar surface area (TPSA) is 70.2 Å². The normalized spacial score (nSPS) is 10.5. The standard InChI is InChI=1S/C25H31N5O/c1-4-30(5-2)24-18-23(26-19(3)27-24)28-21-14-16-22(17-15-21)29-25(31)13-9-12-20-10-7-6-8-11-20/h6-8,10-11,14-18H,4-5,9,12-13H2,1-3H3,(H,29,31)(H,26,27,28). The molecule has 0 atom stereocenters. The second kappa shape index (κ2) is 11.1. The number of carbonyl (C=O) groups is 1. The highest BCUT2D eigenvalue weighted by Crippen LogP contribution is 2.21. The molecule has 6 heteroatoms. The van der Waals surface area contributed by atoms with Crippen molar-refractivity contribution in [2.24, 2.45) is 0 Å². The van der Waals surface area contributed by atoms with Gasteiger partial charge in [-0.2, -0.15) is 0 Å². The molecule has 2 aromatic carbocycles. The molecular formula is C25H31N5O. The van der Waals surface area contributed by atoms with E-state index in [0.717, 1.165) is 54.8 Å². The van der Waals surface area contributed by atoms with Crippen molar-refractivity contribution in [3.8, 4) is 0 Å². The molecule has 0 fully saturated rings. The monoisotopic (exact) mass is 417 g/mol. The molecule has 0 aliphatic carbocycles. The molecule has 0 bridgehead atoms. The fourth-order valence-corrected chi connectivity index (χ4v) is 3.43. The molecule has 3 rings (SSSR count). The van der Waals surface area contributed by atoms with Crippen molar-refractivity contribution in [3.05, 3.63) is 72.1 Å². The third-order valence-corrected chi connectivity index (χ3v) is 5.07. The van der Waals surface area contributed by atoms with Crippen LogP contribution < -0.4 is 15.5 Å². The van der Waals surface area contributed by atoms with E-state index in [1.165, 1.54) is 5.56 Å². The van der Waals surface area contributed by atoms with Crippen LogP contribution in [0.25, 0.3) is 0 Å². The summed E-state index contributed by atoms with van der Waals surface area (Å²) < 4.78 is 0. The van der Waals surface area contributed by atoms with E-state index in [4.69, 9.17) is 0 Å². The van der Waals surface area contributed by atoms with Gasteiger partial charge in [0.1, 0.15) is 17.5 Å². The summed E-state index contributed by atoms with van der Waals surface area (Å²) in [6.45, 7) is 7.92. The molecule has 0 aliphatic heterocycles. The zero-order valence-corrected chi connectivity index (χ0v) is 18.6. The quantitative estimate of drug-likeness (QED) is 0.466. The van der Waals surface area contributed by atoms with Crippen LogP contribution in [0.2, 0.25) is 0 Å². The fourth-order valence-electron chi connectivity index (χ4n) is 3.43. The summed E-state index contributed by atoms with van der Waals surface area (Å²) in [5.41, 5.74) is 2.96. The maximum atomic E-state index is 12.2. The van der Waals surface area contributed by atoms with Crippen LogP contribution >= 0.6 is 0 Å². The van der Waals surface area contributed by atoms with Gasteiger partial charge in [0, 0.05) is 37.0 Å². The average Bonchev–Trinajstić information content (AvgIpc) is 2.76. The van der Waals surface area contributed by atoms with Crippen LogP contribution in [-0.4, -0.2) is 29.0 Å². The van der Waals surface area contributed by atoms with Gasteiger partial charge in [0.15, 0.2) is 0 Å². The number of aromatic nitrogens is 2. The van der Waals surface area contributed by atoms with E-state index < -0.39 is 0 Å². The number of hydrogen-bond acceptors (Lipinski definition) is 5. The Bertz CT molecular complexity index is 969. The lowest BCUT2D eigenvalue weighted by atomic mass is 10.1. The zero-order valence-electron chi connectivity index (χ0n) is 18.6. The SMILES string of the molecule is CCN(CC)c1cc(Nc2ccc(NC(=O)CCCc3ccccc3)cc2)nc(C)n1. The second-order valence-corrected chi connectivity index (χ2v) is 7.42. The van der Waals surface area contributed by atoms with E-state index in [-0.39, 0.29) is 5.91 Å². The van der Waals surface area contributed by atoms with Crippen molar-refractivity contribution in [3.63, 3.8) is 0 Å². The average molecular weight is 418 g/mol. The summed E-state index contributed by atoms with van der Waals surface area (Å²) in [5.74, 6) is 2.43. The predicted octanol–water partition coefficient (Wildman–Crippen LogP) is 5.34. The molecule has 1 aromatic heterocycles. The van der Waals surface area contributed by atoms with Gasteiger partial charge in [-0.05, 0) is 63.4 Å². The summed E-state index contributed by atoms with van der Waals surface area (Å²) in [4.78, 5) is 23.4. The molecule has 3 aromatic rings. The van der Waals surface area contributed by atoms with Gasteiger partial charge in [0.25, 0.3) is 0 Å². The number of nitrogens with one attached hydrogen (secondary N) is 2. The minimum atomic E-state index is 0.0342. The van der Waals surface area contributed by atoms with Crippen molar-refractivity contribution < 1.29 is 4.79 Å². The molecule has 31 heavy (non-hydrogen) atoms. The van der Waals surface area contributed by atoms with Crippen LogP contribution in [0.1, 0.15) is 38.1 Å². The Labute approximate surface area is 184 Å². The van der Waals surface area contributed by atoms with Crippen molar-refractivity contribution in [2.75, 3.05) is 28.6 Å². The molecule has 0 unspecified atom stereocenters. The van der Waals surface area contributed by atoms with Gasteiger partial charge in [0.2, 0.25) is 5.91 Å². The smallest absolute Gasteiger partial charge is 0.224 e. The number of anilines is 4. The van der Waals surface area contributed by atoms with E-state index in [1.54, 1.807) is 0 Å². The number of hydrogen-bond donors (Lipinski definition) is 2. The molecule has 2 N–H and O–H groups in total. The molecule has 0 spiro atoms. The van der Waals surface area contributed by atoms with Gasteiger partial charge in [-0.25, -0.2) is 9.97 Å². The van der Waals surface area contributed by atoms with Gasteiger partial charge in [-0.3, -0.25) is 4.79 Å². The summed E-state index contributed by atoms with van der Waals surface area (Å²) in [7, 11) is 0. The number of carbonyl (C=O) groups excluding carboxylic acids is 1. The Morgan fingerprint density at radius 2 is 1.61 bits per heavy atom.